The topological polar surface area (TPSA) is 88.4 Å². The van der Waals surface area contributed by atoms with E-state index in [1.807, 2.05) is 0 Å². The van der Waals surface area contributed by atoms with Gasteiger partial charge in [-0.1, -0.05) is 23.7 Å². The van der Waals surface area contributed by atoms with E-state index in [2.05, 4.69) is 10.3 Å². The first kappa shape index (κ1) is 21.8. The third kappa shape index (κ3) is 5.18. The van der Waals surface area contributed by atoms with Gasteiger partial charge in [-0.2, -0.15) is 13.2 Å². The molecule has 1 amide bonds. The first-order valence-electron chi connectivity index (χ1n) is 9.14. The number of halogens is 4. The number of carbonyl (C=O) groups is 1. The molecule has 0 atom stereocenters. The minimum Gasteiger partial charge on any atom is -0.355 e. The number of benzene rings is 1. The number of nitro benzene ring substituents is 1. The molecule has 160 valence electrons. The molecule has 0 aliphatic carbocycles. The number of non-ortho nitro benzene ring substituents is 1. The molecule has 2 aromatic rings. The standard InChI is InChI=1S/C19H18ClF3N4O3/c20-16-9-14(19(21,22)23)11-24-17(16)26-7-5-13(6-8-26)18(28)25-10-12-1-3-15(4-2-12)27(29)30/h1-4,9,11,13H,5-8,10H2,(H,25,28). The van der Waals surface area contributed by atoms with Crippen LogP contribution in [0.3, 0.4) is 0 Å². The number of piperidine rings is 1. The molecule has 1 aromatic heterocycles. The summed E-state index contributed by atoms with van der Waals surface area (Å²) in [5.74, 6) is -0.110. The van der Waals surface area contributed by atoms with Gasteiger partial charge in [-0.05, 0) is 24.5 Å². The number of aromatic nitrogens is 1. The smallest absolute Gasteiger partial charge is 0.355 e. The van der Waals surface area contributed by atoms with Crippen LogP contribution >= 0.6 is 11.6 Å². The van der Waals surface area contributed by atoms with Crippen molar-refractivity contribution in [2.24, 2.45) is 5.92 Å². The van der Waals surface area contributed by atoms with Crippen molar-refractivity contribution in [3.05, 3.63) is 62.8 Å². The molecule has 2 heterocycles. The predicted molar refractivity (Wildman–Crippen MR) is 104 cm³/mol. The molecule has 1 aliphatic rings. The molecule has 0 unspecified atom stereocenters. The van der Waals surface area contributed by atoms with E-state index in [-0.39, 0.29) is 34.9 Å². The fourth-order valence-corrected chi connectivity index (χ4v) is 3.53. The third-order valence-electron chi connectivity index (χ3n) is 4.93. The Morgan fingerprint density at radius 1 is 1.27 bits per heavy atom. The quantitative estimate of drug-likeness (QED) is 0.554. The van der Waals surface area contributed by atoms with Crippen LogP contribution < -0.4 is 10.2 Å². The van der Waals surface area contributed by atoms with Crippen molar-refractivity contribution in [3.63, 3.8) is 0 Å². The number of nitrogens with zero attached hydrogens (tertiary/aromatic N) is 3. The summed E-state index contributed by atoms with van der Waals surface area (Å²) in [6.45, 7) is 1.13. The number of anilines is 1. The van der Waals surface area contributed by atoms with Crippen LogP contribution in [0.5, 0.6) is 0 Å². The van der Waals surface area contributed by atoms with Crippen molar-refractivity contribution in [2.75, 3.05) is 18.0 Å². The van der Waals surface area contributed by atoms with E-state index in [0.717, 1.165) is 17.8 Å². The van der Waals surface area contributed by atoms with E-state index in [9.17, 15) is 28.1 Å². The minimum atomic E-state index is -4.51. The van der Waals surface area contributed by atoms with Crippen LogP contribution in [-0.2, 0) is 17.5 Å². The van der Waals surface area contributed by atoms with Gasteiger partial charge >= 0.3 is 6.18 Å². The second-order valence-electron chi connectivity index (χ2n) is 6.93. The van der Waals surface area contributed by atoms with E-state index >= 15 is 0 Å². The summed E-state index contributed by atoms with van der Waals surface area (Å²) >= 11 is 5.99. The summed E-state index contributed by atoms with van der Waals surface area (Å²) in [5.41, 5.74) is -0.183. The molecule has 1 aliphatic heterocycles. The van der Waals surface area contributed by atoms with Crippen molar-refractivity contribution < 1.29 is 22.9 Å². The number of carbonyl (C=O) groups excluding carboxylic acids is 1. The zero-order valence-corrected chi connectivity index (χ0v) is 16.4. The van der Waals surface area contributed by atoms with Crippen molar-refractivity contribution >= 4 is 29.0 Å². The van der Waals surface area contributed by atoms with Crippen molar-refractivity contribution in [1.82, 2.24) is 10.3 Å². The summed E-state index contributed by atoms with van der Waals surface area (Å²) in [6, 6.07) is 6.77. The van der Waals surface area contributed by atoms with Crippen LogP contribution in [-0.4, -0.2) is 28.9 Å². The fraction of sp³-hybridized carbons (Fsp3) is 0.368. The molecule has 0 spiro atoms. The number of amides is 1. The summed E-state index contributed by atoms with van der Waals surface area (Å²) in [4.78, 5) is 28.2. The normalized spacial score (nSPS) is 15.1. The SMILES string of the molecule is O=C(NCc1ccc([N+](=O)[O-])cc1)C1CCN(c2ncc(C(F)(F)F)cc2Cl)CC1. The van der Waals surface area contributed by atoms with Gasteiger partial charge in [-0.25, -0.2) is 4.98 Å². The molecule has 30 heavy (non-hydrogen) atoms. The highest BCUT2D eigenvalue weighted by atomic mass is 35.5. The van der Waals surface area contributed by atoms with E-state index in [0.29, 0.717) is 25.9 Å². The van der Waals surface area contributed by atoms with Gasteiger partial charge in [0.1, 0.15) is 5.82 Å². The first-order valence-corrected chi connectivity index (χ1v) is 9.51. The molecule has 0 bridgehead atoms. The molecular formula is C19H18ClF3N4O3. The van der Waals surface area contributed by atoms with Gasteiger partial charge in [-0.15, -0.1) is 0 Å². The van der Waals surface area contributed by atoms with Crippen molar-refractivity contribution in [3.8, 4) is 0 Å². The number of nitrogens with one attached hydrogen (secondary N) is 1. The number of alkyl halides is 3. The average molecular weight is 443 g/mol. The van der Waals surface area contributed by atoms with Crippen molar-refractivity contribution in [1.29, 1.82) is 0 Å². The second kappa shape index (κ2) is 8.86. The Labute approximate surface area is 175 Å². The summed E-state index contributed by atoms with van der Waals surface area (Å²) in [5, 5.41) is 13.4. The fourth-order valence-electron chi connectivity index (χ4n) is 3.24. The zero-order valence-electron chi connectivity index (χ0n) is 15.7. The lowest BCUT2D eigenvalue weighted by molar-refractivity contribution is -0.384. The molecule has 11 heteroatoms. The van der Waals surface area contributed by atoms with Gasteiger partial charge < -0.3 is 10.2 Å². The Balaban J connectivity index is 1.52. The number of rotatable bonds is 5. The number of pyridine rings is 1. The van der Waals surface area contributed by atoms with Gasteiger partial charge in [0.25, 0.3) is 5.69 Å². The highest BCUT2D eigenvalue weighted by molar-refractivity contribution is 6.33. The van der Waals surface area contributed by atoms with Crippen molar-refractivity contribution in [2.45, 2.75) is 25.6 Å². The highest BCUT2D eigenvalue weighted by Crippen LogP contribution is 2.34. The Hall–Kier alpha value is -2.88. The minimum absolute atomic E-state index is 0.0204. The number of hydrogen-bond acceptors (Lipinski definition) is 5. The van der Waals surface area contributed by atoms with Crippen LogP contribution in [0.25, 0.3) is 0 Å². The van der Waals surface area contributed by atoms with E-state index in [1.54, 1.807) is 17.0 Å². The Kier molecular flexibility index (Phi) is 6.45. The Bertz CT molecular complexity index is 930. The Morgan fingerprint density at radius 3 is 2.43 bits per heavy atom. The molecule has 3 rings (SSSR count). The lowest BCUT2D eigenvalue weighted by atomic mass is 9.95. The van der Waals surface area contributed by atoms with Gasteiger partial charge in [0, 0.05) is 43.9 Å². The first-order chi connectivity index (χ1) is 14.1. The molecule has 1 fully saturated rings. The average Bonchev–Trinajstić information content (AvgIpc) is 2.71. The molecule has 7 nitrogen and oxygen atoms in total. The predicted octanol–water partition coefficient (Wildman–Crippen LogP) is 4.19. The third-order valence-corrected chi connectivity index (χ3v) is 5.21. The van der Waals surface area contributed by atoms with Gasteiger partial charge in [0.2, 0.25) is 5.91 Å². The number of hydrogen-bond donors (Lipinski definition) is 1. The highest BCUT2D eigenvalue weighted by Gasteiger charge is 2.33. The summed E-state index contributed by atoms with van der Waals surface area (Å²) in [7, 11) is 0. The maximum Gasteiger partial charge on any atom is 0.417 e. The lowest BCUT2D eigenvalue weighted by Gasteiger charge is -2.32. The van der Waals surface area contributed by atoms with Crippen LogP contribution in [0.2, 0.25) is 5.02 Å². The summed E-state index contributed by atoms with van der Waals surface area (Å²) in [6.07, 6.45) is -2.75. The molecule has 1 N–H and O–H groups in total. The summed E-state index contributed by atoms with van der Waals surface area (Å²) < 4.78 is 38.2. The Morgan fingerprint density at radius 2 is 1.90 bits per heavy atom. The lowest BCUT2D eigenvalue weighted by Crippen LogP contribution is -2.40. The van der Waals surface area contributed by atoms with Crippen LogP contribution in [0.4, 0.5) is 24.7 Å². The van der Waals surface area contributed by atoms with Crippen LogP contribution in [0.15, 0.2) is 36.5 Å². The van der Waals surface area contributed by atoms with Crippen LogP contribution in [0, 0.1) is 16.0 Å². The van der Waals surface area contributed by atoms with Gasteiger partial charge in [0.05, 0.1) is 15.5 Å². The maximum absolute atomic E-state index is 12.7. The molecular weight excluding hydrogens is 425 g/mol. The molecule has 0 saturated carbocycles. The monoisotopic (exact) mass is 442 g/mol. The van der Waals surface area contributed by atoms with E-state index in [4.69, 9.17) is 11.6 Å². The van der Waals surface area contributed by atoms with Crippen LogP contribution in [0.1, 0.15) is 24.0 Å². The molecule has 1 saturated heterocycles. The molecule has 0 radical (unpaired) electrons. The van der Waals surface area contributed by atoms with Gasteiger partial charge in [0.15, 0.2) is 0 Å². The van der Waals surface area contributed by atoms with E-state index < -0.39 is 16.7 Å². The maximum atomic E-state index is 12.7. The largest absolute Gasteiger partial charge is 0.417 e. The second-order valence-corrected chi connectivity index (χ2v) is 7.34. The molecule has 1 aromatic carbocycles. The zero-order chi connectivity index (χ0) is 21.9. The number of nitro groups is 1. The van der Waals surface area contributed by atoms with Gasteiger partial charge in [-0.3, -0.25) is 14.9 Å². The van der Waals surface area contributed by atoms with E-state index in [1.165, 1.54) is 12.1 Å².